The second kappa shape index (κ2) is 6.58. The number of rotatable bonds is 5. The van der Waals surface area contributed by atoms with Crippen molar-refractivity contribution in [1.82, 2.24) is 5.32 Å². The van der Waals surface area contributed by atoms with Gasteiger partial charge in [-0.1, -0.05) is 18.6 Å². The summed E-state index contributed by atoms with van der Waals surface area (Å²) in [5.41, 5.74) is 6.71. The van der Waals surface area contributed by atoms with Crippen molar-refractivity contribution in [3.05, 3.63) is 29.8 Å². The van der Waals surface area contributed by atoms with Crippen LogP contribution in [0.15, 0.2) is 24.3 Å². The van der Waals surface area contributed by atoms with Crippen LogP contribution in [0.3, 0.4) is 0 Å². The minimum Gasteiger partial charge on any atom is -0.508 e. The van der Waals surface area contributed by atoms with Crippen LogP contribution >= 0.6 is 0 Å². The van der Waals surface area contributed by atoms with E-state index in [0.29, 0.717) is 19.3 Å². The first kappa shape index (κ1) is 15.3. The molecule has 1 aliphatic rings. The van der Waals surface area contributed by atoms with E-state index in [2.05, 4.69) is 5.32 Å². The first-order valence-electron chi connectivity index (χ1n) is 7.04. The topological polar surface area (TPSA) is 113 Å². The van der Waals surface area contributed by atoms with Gasteiger partial charge in [0.25, 0.3) is 0 Å². The lowest BCUT2D eigenvalue weighted by atomic mass is 10.0. The molecule has 114 valence electrons. The van der Waals surface area contributed by atoms with Gasteiger partial charge in [-0.25, -0.2) is 0 Å². The monoisotopic (exact) mass is 292 g/mol. The fourth-order valence-electron chi connectivity index (χ4n) is 2.70. The Morgan fingerprint density at radius 1 is 1.29 bits per heavy atom. The molecule has 1 fully saturated rings. The summed E-state index contributed by atoms with van der Waals surface area (Å²) >= 11 is 0. The molecule has 1 aromatic rings. The summed E-state index contributed by atoms with van der Waals surface area (Å²) in [6, 6.07) is 5.43. The van der Waals surface area contributed by atoms with Gasteiger partial charge in [0, 0.05) is 6.04 Å². The second-order valence-corrected chi connectivity index (χ2v) is 5.47. The summed E-state index contributed by atoms with van der Waals surface area (Å²) < 4.78 is 0. The molecule has 0 spiro atoms. The van der Waals surface area contributed by atoms with Crippen LogP contribution in [0.4, 0.5) is 0 Å². The van der Waals surface area contributed by atoms with Gasteiger partial charge in [-0.3, -0.25) is 9.59 Å². The van der Waals surface area contributed by atoms with E-state index in [9.17, 15) is 14.7 Å². The van der Waals surface area contributed by atoms with Crippen LogP contribution < -0.4 is 11.1 Å². The lowest BCUT2D eigenvalue weighted by Crippen LogP contribution is -2.48. The molecule has 5 N–H and O–H groups in total. The highest BCUT2D eigenvalue weighted by Crippen LogP contribution is 2.25. The highest BCUT2D eigenvalue weighted by atomic mass is 16.4. The van der Waals surface area contributed by atoms with E-state index < -0.39 is 17.9 Å². The van der Waals surface area contributed by atoms with Gasteiger partial charge in [-0.15, -0.1) is 0 Å². The zero-order valence-corrected chi connectivity index (χ0v) is 11.7. The first-order valence-corrected chi connectivity index (χ1v) is 7.04. The third-order valence-electron chi connectivity index (χ3n) is 3.89. The Morgan fingerprint density at radius 3 is 2.57 bits per heavy atom. The molecule has 0 aromatic heterocycles. The number of carboxylic acid groups (broad SMARTS) is 1. The second-order valence-electron chi connectivity index (χ2n) is 5.47. The quantitative estimate of drug-likeness (QED) is 0.636. The number of carboxylic acids is 1. The van der Waals surface area contributed by atoms with E-state index in [-0.39, 0.29) is 17.7 Å². The van der Waals surface area contributed by atoms with Gasteiger partial charge < -0.3 is 21.3 Å². The predicted octanol–water partition coefficient (Wildman–Crippen LogP) is 0.631. The number of phenols is 1. The number of nitrogens with one attached hydrogen (secondary N) is 1. The van der Waals surface area contributed by atoms with Crippen LogP contribution in [0.5, 0.6) is 5.75 Å². The van der Waals surface area contributed by atoms with Crippen molar-refractivity contribution in [3.63, 3.8) is 0 Å². The number of aliphatic carboxylic acids is 1. The molecule has 2 rings (SSSR count). The Kier molecular flexibility index (Phi) is 4.80. The lowest BCUT2D eigenvalue weighted by Gasteiger charge is -2.20. The van der Waals surface area contributed by atoms with E-state index in [1.807, 2.05) is 0 Å². The molecular weight excluding hydrogens is 272 g/mol. The first-order chi connectivity index (χ1) is 9.97. The molecule has 0 bridgehead atoms. The summed E-state index contributed by atoms with van der Waals surface area (Å²) in [6.45, 7) is 0. The van der Waals surface area contributed by atoms with Gasteiger partial charge in [0.15, 0.2) is 0 Å². The van der Waals surface area contributed by atoms with Crippen LogP contribution in [0.25, 0.3) is 0 Å². The average molecular weight is 292 g/mol. The van der Waals surface area contributed by atoms with Crippen molar-refractivity contribution in [2.45, 2.75) is 37.8 Å². The van der Waals surface area contributed by atoms with Gasteiger partial charge >= 0.3 is 5.97 Å². The summed E-state index contributed by atoms with van der Waals surface area (Å²) in [5.74, 6) is -1.56. The molecule has 0 heterocycles. The van der Waals surface area contributed by atoms with E-state index in [4.69, 9.17) is 10.8 Å². The molecule has 21 heavy (non-hydrogen) atoms. The molecule has 1 aliphatic carbocycles. The zero-order valence-electron chi connectivity index (χ0n) is 11.7. The van der Waals surface area contributed by atoms with E-state index in [1.165, 1.54) is 12.1 Å². The average Bonchev–Trinajstić information content (AvgIpc) is 2.89. The Bertz CT molecular complexity index is 515. The van der Waals surface area contributed by atoms with Crippen LogP contribution in [-0.4, -0.2) is 34.2 Å². The number of carbonyl (C=O) groups excluding carboxylic acids is 1. The Balaban J connectivity index is 1.90. The van der Waals surface area contributed by atoms with Crippen LogP contribution in [0.2, 0.25) is 0 Å². The van der Waals surface area contributed by atoms with Gasteiger partial charge in [-0.05, 0) is 37.0 Å². The summed E-state index contributed by atoms with van der Waals surface area (Å²) in [5, 5.41) is 21.0. The van der Waals surface area contributed by atoms with Gasteiger partial charge in [0.1, 0.15) is 5.75 Å². The molecule has 1 saturated carbocycles. The molecule has 0 saturated heterocycles. The third kappa shape index (κ3) is 3.95. The number of nitrogens with two attached hydrogens (primary N) is 1. The Morgan fingerprint density at radius 2 is 1.95 bits per heavy atom. The van der Waals surface area contributed by atoms with Crippen LogP contribution in [-0.2, 0) is 16.0 Å². The lowest BCUT2D eigenvalue weighted by molar-refractivity contribution is -0.142. The summed E-state index contributed by atoms with van der Waals surface area (Å²) in [6.07, 6.45) is 2.41. The fourth-order valence-corrected chi connectivity index (χ4v) is 2.70. The minimum atomic E-state index is -0.870. The van der Waals surface area contributed by atoms with Gasteiger partial charge in [0.05, 0.1) is 12.0 Å². The Hall–Kier alpha value is -2.08. The molecule has 0 aliphatic heterocycles. The fraction of sp³-hybridized carbons (Fsp3) is 0.467. The maximum absolute atomic E-state index is 12.1. The van der Waals surface area contributed by atoms with E-state index in [1.54, 1.807) is 12.1 Å². The van der Waals surface area contributed by atoms with Gasteiger partial charge in [0.2, 0.25) is 5.91 Å². The van der Waals surface area contributed by atoms with Crippen molar-refractivity contribution in [2.24, 2.45) is 11.7 Å². The summed E-state index contributed by atoms with van der Waals surface area (Å²) in [7, 11) is 0. The number of amides is 1. The maximum Gasteiger partial charge on any atom is 0.308 e. The highest BCUT2D eigenvalue weighted by molar-refractivity contribution is 5.83. The number of benzene rings is 1. The number of phenolic OH excluding ortho intramolecular Hbond substituents is 1. The molecule has 6 heteroatoms. The standard InChI is InChI=1S/C15H20N2O4/c16-12(8-9-4-6-10(18)7-5-9)14(19)17-13-3-1-2-11(13)15(20)21/h4-7,11-13,18H,1-3,8,16H2,(H,17,19)(H,20,21)/t11?,12-,13?/m1/s1. The molecule has 3 atom stereocenters. The SMILES string of the molecule is N[C@H](Cc1ccc(O)cc1)C(=O)NC1CCCC1C(=O)O. The zero-order chi connectivity index (χ0) is 15.4. The normalized spacial score (nSPS) is 22.7. The maximum atomic E-state index is 12.1. The minimum absolute atomic E-state index is 0.159. The number of aromatic hydroxyl groups is 1. The van der Waals surface area contributed by atoms with Crippen molar-refractivity contribution < 1.29 is 19.8 Å². The Labute approximate surface area is 123 Å². The number of carbonyl (C=O) groups is 2. The number of hydrogen-bond donors (Lipinski definition) is 4. The summed E-state index contributed by atoms with van der Waals surface area (Å²) in [4.78, 5) is 23.1. The van der Waals surface area contributed by atoms with Crippen molar-refractivity contribution >= 4 is 11.9 Å². The van der Waals surface area contributed by atoms with Crippen molar-refractivity contribution in [1.29, 1.82) is 0 Å². The van der Waals surface area contributed by atoms with Crippen molar-refractivity contribution in [2.75, 3.05) is 0 Å². The number of hydrogen-bond acceptors (Lipinski definition) is 4. The third-order valence-corrected chi connectivity index (χ3v) is 3.89. The largest absolute Gasteiger partial charge is 0.508 e. The van der Waals surface area contributed by atoms with Crippen molar-refractivity contribution in [3.8, 4) is 5.75 Å². The highest BCUT2D eigenvalue weighted by Gasteiger charge is 2.34. The molecule has 1 aromatic carbocycles. The van der Waals surface area contributed by atoms with Crippen LogP contribution in [0.1, 0.15) is 24.8 Å². The molecule has 2 unspecified atom stereocenters. The molecule has 6 nitrogen and oxygen atoms in total. The molecule has 0 radical (unpaired) electrons. The van der Waals surface area contributed by atoms with Crippen LogP contribution in [0, 0.1) is 5.92 Å². The van der Waals surface area contributed by atoms with E-state index >= 15 is 0 Å². The molecular formula is C15H20N2O4. The smallest absolute Gasteiger partial charge is 0.308 e. The predicted molar refractivity (Wildman–Crippen MR) is 76.7 cm³/mol. The van der Waals surface area contributed by atoms with E-state index in [0.717, 1.165) is 12.0 Å². The molecule has 1 amide bonds. The van der Waals surface area contributed by atoms with Gasteiger partial charge in [-0.2, -0.15) is 0 Å².